The molecule has 11 heavy (non-hydrogen) atoms. The second kappa shape index (κ2) is 5.90. The van der Waals surface area contributed by atoms with Crippen LogP contribution in [-0.2, 0) is 0 Å². The van der Waals surface area contributed by atoms with Gasteiger partial charge in [0.2, 0.25) is 0 Å². The lowest BCUT2D eigenvalue weighted by atomic mass is 10.5. The fourth-order valence-corrected chi connectivity index (χ4v) is 0.313. The molecular formula is C6H5Cl4N. The van der Waals surface area contributed by atoms with Gasteiger partial charge in [-0.2, -0.15) is 0 Å². The molecule has 1 aromatic heterocycles. The summed E-state index contributed by atoms with van der Waals surface area (Å²) in [5, 5.41) is 0. The summed E-state index contributed by atoms with van der Waals surface area (Å²) in [4.78, 5) is 3.78. The molecule has 62 valence electrons. The van der Waals surface area contributed by atoms with Gasteiger partial charge >= 0.3 is 0 Å². The first-order valence-electron chi connectivity index (χ1n) is 2.61. The van der Waals surface area contributed by atoms with Crippen LogP contribution in [0.3, 0.4) is 0 Å². The number of nitrogens with zero attached hydrogens (tertiary/aromatic N) is 1. The summed E-state index contributed by atoms with van der Waals surface area (Å²) in [5.74, 6) is 0. The molecule has 0 bridgehead atoms. The lowest BCUT2D eigenvalue weighted by molar-refractivity contribution is 1.33. The fraction of sp³-hybridized carbons (Fsp3) is 0.167. The van der Waals surface area contributed by atoms with Crippen molar-refractivity contribution in [2.24, 2.45) is 0 Å². The van der Waals surface area contributed by atoms with E-state index in [1.54, 1.807) is 12.4 Å². The molecule has 0 atom stereocenters. The molecule has 1 aromatic rings. The van der Waals surface area contributed by atoms with Crippen LogP contribution in [0.15, 0.2) is 30.6 Å². The molecule has 0 aliphatic heterocycles. The predicted molar refractivity (Wildman–Crippen MR) is 50.4 cm³/mol. The number of alkyl halides is 4. The fourth-order valence-electron chi connectivity index (χ4n) is 0.313. The molecule has 0 aliphatic carbocycles. The van der Waals surface area contributed by atoms with E-state index in [9.17, 15) is 0 Å². The summed E-state index contributed by atoms with van der Waals surface area (Å²) in [7, 11) is 0. The lowest BCUT2D eigenvalue weighted by Crippen LogP contribution is -1.81. The molecular weight excluding hydrogens is 228 g/mol. The van der Waals surface area contributed by atoms with Gasteiger partial charge in [0.1, 0.15) is 0 Å². The first-order valence-corrected chi connectivity index (χ1v) is 4.12. The number of rotatable bonds is 0. The Bertz CT molecular complexity index is 139. The van der Waals surface area contributed by atoms with Crippen LogP contribution >= 0.6 is 46.4 Å². The van der Waals surface area contributed by atoms with Gasteiger partial charge in [-0.3, -0.25) is 4.98 Å². The highest BCUT2D eigenvalue weighted by atomic mass is 35.6. The molecule has 1 rings (SSSR count). The molecule has 0 aliphatic rings. The minimum Gasteiger partial charge on any atom is -0.265 e. The Kier molecular flexibility index (Phi) is 6.06. The van der Waals surface area contributed by atoms with E-state index < -0.39 is 3.25 Å². The second-order valence-electron chi connectivity index (χ2n) is 1.45. The Morgan fingerprint density at radius 3 is 1.27 bits per heavy atom. The van der Waals surface area contributed by atoms with Crippen LogP contribution in [0.4, 0.5) is 0 Å². The van der Waals surface area contributed by atoms with Gasteiger partial charge in [-0.15, -0.1) is 0 Å². The molecule has 0 aromatic carbocycles. The molecule has 5 heteroatoms. The third kappa shape index (κ3) is 17.9. The van der Waals surface area contributed by atoms with Crippen LogP contribution in [-0.4, -0.2) is 8.24 Å². The van der Waals surface area contributed by atoms with E-state index in [4.69, 9.17) is 46.4 Å². The summed E-state index contributed by atoms with van der Waals surface area (Å²) in [6, 6.07) is 5.72. The Hall–Kier alpha value is 0.310. The zero-order valence-corrected chi connectivity index (χ0v) is 8.37. The maximum atomic E-state index is 4.83. The molecule has 1 heterocycles. The average Bonchev–Trinajstić information content (AvgIpc) is 1.88. The van der Waals surface area contributed by atoms with Crippen molar-refractivity contribution in [1.82, 2.24) is 4.98 Å². The average molecular weight is 233 g/mol. The highest BCUT2D eigenvalue weighted by molar-refractivity contribution is 6.83. The van der Waals surface area contributed by atoms with Gasteiger partial charge < -0.3 is 0 Å². The third-order valence-electron chi connectivity index (χ3n) is 0.566. The van der Waals surface area contributed by atoms with Crippen molar-refractivity contribution in [3.8, 4) is 0 Å². The Morgan fingerprint density at radius 1 is 0.818 bits per heavy atom. The maximum Gasteiger partial charge on any atom is 0.266 e. The lowest BCUT2D eigenvalue weighted by Gasteiger charge is -1.91. The summed E-state index contributed by atoms with van der Waals surface area (Å²) in [5.41, 5.74) is 0. The van der Waals surface area contributed by atoms with Crippen LogP contribution in [0.5, 0.6) is 0 Å². The van der Waals surface area contributed by atoms with Gasteiger partial charge in [0.25, 0.3) is 3.25 Å². The Labute approximate surface area is 85.2 Å². The predicted octanol–water partition coefficient (Wildman–Crippen LogP) is 3.63. The van der Waals surface area contributed by atoms with Gasteiger partial charge in [0, 0.05) is 12.4 Å². The molecule has 1 nitrogen and oxygen atoms in total. The highest BCUT2D eigenvalue weighted by Gasteiger charge is 2.11. The van der Waals surface area contributed by atoms with Crippen molar-refractivity contribution >= 4 is 46.4 Å². The van der Waals surface area contributed by atoms with E-state index >= 15 is 0 Å². The maximum absolute atomic E-state index is 4.83. The quantitative estimate of drug-likeness (QED) is 0.623. The van der Waals surface area contributed by atoms with E-state index in [2.05, 4.69) is 4.98 Å². The van der Waals surface area contributed by atoms with Crippen molar-refractivity contribution in [2.75, 3.05) is 0 Å². The van der Waals surface area contributed by atoms with Crippen LogP contribution < -0.4 is 0 Å². The monoisotopic (exact) mass is 231 g/mol. The van der Waals surface area contributed by atoms with E-state index in [1.165, 1.54) is 0 Å². The van der Waals surface area contributed by atoms with Crippen LogP contribution in [0, 0.1) is 0 Å². The Balaban J connectivity index is 0.000000187. The van der Waals surface area contributed by atoms with Gasteiger partial charge in [-0.25, -0.2) is 0 Å². The number of halogens is 4. The summed E-state index contributed by atoms with van der Waals surface area (Å²) < 4.78 is -1.61. The molecule has 0 saturated heterocycles. The second-order valence-corrected chi connectivity index (χ2v) is 4.88. The largest absolute Gasteiger partial charge is 0.266 e. The van der Waals surface area contributed by atoms with Crippen LogP contribution in [0.25, 0.3) is 0 Å². The number of hydrogen-bond acceptors (Lipinski definition) is 1. The first-order chi connectivity index (χ1) is 5.00. The van der Waals surface area contributed by atoms with Crippen LogP contribution in [0.1, 0.15) is 0 Å². The van der Waals surface area contributed by atoms with Gasteiger partial charge in [0.05, 0.1) is 0 Å². The van der Waals surface area contributed by atoms with Crippen molar-refractivity contribution < 1.29 is 0 Å². The van der Waals surface area contributed by atoms with E-state index in [0.717, 1.165) is 0 Å². The minimum atomic E-state index is -1.61. The highest BCUT2D eigenvalue weighted by Crippen LogP contribution is 2.29. The zero-order valence-electron chi connectivity index (χ0n) is 5.35. The molecule has 0 fully saturated rings. The van der Waals surface area contributed by atoms with Crippen molar-refractivity contribution in [2.45, 2.75) is 3.25 Å². The number of hydrogen-bond donors (Lipinski definition) is 0. The van der Waals surface area contributed by atoms with Crippen molar-refractivity contribution in [3.05, 3.63) is 30.6 Å². The topological polar surface area (TPSA) is 12.9 Å². The van der Waals surface area contributed by atoms with Gasteiger partial charge in [0.15, 0.2) is 0 Å². The third-order valence-corrected chi connectivity index (χ3v) is 0.566. The van der Waals surface area contributed by atoms with E-state index in [0.29, 0.717) is 0 Å². The van der Waals surface area contributed by atoms with Gasteiger partial charge in [-0.05, 0) is 12.1 Å². The molecule has 0 saturated carbocycles. The van der Waals surface area contributed by atoms with E-state index in [1.807, 2.05) is 18.2 Å². The minimum absolute atomic E-state index is 1.61. The normalized spacial score (nSPS) is 9.82. The molecule has 0 radical (unpaired) electrons. The number of pyridine rings is 1. The van der Waals surface area contributed by atoms with Crippen molar-refractivity contribution in [3.63, 3.8) is 0 Å². The first kappa shape index (κ1) is 11.3. The Morgan fingerprint density at radius 2 is 1.18 bits per heavy atom. The standard InChI is InChI=1S/C5H5N.CCl4/c1-2-4-6-5-3-1;2-1(3,4)5/h1-5H;. The van der Waals surface area contributed by atoms with Gasteiger partial charge in [-0.1, -0.05) is 52.5 Å². The summed E-state index contributed by atoms with van der Waals surface area (Å²) >= 11 is 19.3. The molecule has 0 amide bonds. The number of aromatic nitrogens is 1. The van der Waals surface area contributed by atoms with Crippen molar-refractivity contribution in [1.29, 1.82) is 0 Å². The molecule has 0 unspecified atom stereocenters. The molecule has 0 spiro atoms. The summed E-state index contributed by atoms with van der Waals surface area (Å²) in [6.45, 7) is 0. The summed E-state index contributed by atoms with van der Waals surface area (Å²) in [6.07, 6.45) is 3.50. The zero-order chi connectivity index (χ0) is 8.74. The van der Waals surface area contributed by atoms with E-state index in [-0.39, 0.29) is 0 Å². The smallest absolute Gasteiger partial charge is 0.265 e. The SMILES string of the molecule is ClC(Cl)(Cl)Cl.c1ccncc1. The van der Waals surface area contributed by atoms with Crippen LogP contribution in [0.2, 0.25) is 0 Å². The molecule has 0 N–H and O–H groups in total.